The summed E-state index contributed by atoms with van der Waals surface area (Å²) in [4.78, 5) is 2.44. The third kappa shape index (κ3) is 2.47. The van der Waals surface area contributed by atoms with E-state index >= 15 is 0 Å². The van der Waals surface area contributed by atoms with Gasteiger partial charge in [0.1, 0.15) is 5.75 Å². The molecule has 2 heterocycles. The Morgan fingerprint density at radius 1 is 0.931 bits per heavy atom. The minimum atomic E-state index is -0.540. The van der Waals surface area contributed by atoms with Crippen LogP contribution < -0.4 is 14.2 Å². The van der Waals surface area contributed by atoms with Crippen molar-refractivity contribution in [2.75, 3.05) is 27.9 Å². The van der Waals surface area contributed by atoms with Gasteiger partial charge >= 0.3 is 0 Å². The molecule has 0 bridgehead atoms. The minimum absolute atomic E-state index is 0.218. The Bertz CT molecular complexity index is 1130. The van der Waals surface area contributed by atoms with Crippen LogP contribution in [0.1, 0.15) is 37.0 Å². The van der Waals surface area contributed by atoms with Crippen molar-refractivity contribution < 1.29 is 19.3 Å². The largest absolute Gasteiger partial charge is 0.497 e. The van der Waals surface area contributed by atoms with Gasteiger partial charge in [-0.15, -0.1) is 0 Å². The highest BCUT2D eigenvalue weighted by Gasteiger charge is 2.48. The number of benzene rings is 3. The van der Waals surface area contributed by atoms with Crippen molar-refractivity contribution >= 4 is 21.5 Å². The standard InChI is InChI=1S/C24H27NO4/c1-24-8-5-9-25(24)13-19-18-12-21(29-4)20(28-3)11-17(18)16-10-14(27-2)6-7-15(16)22(19)23(24)26/h6-7,10-12,23,26H,5,8-9,13H2,1-4H3/t23-,24+/m0/s1. The first-order chi connectivity index (χ1) is 14.0. The van der Waals surface area contributed by atoms with Gasteiger partial charge in [0.15, 0.2) is 11.5 Å². The van der Waals surface area contributed by atoms with Crippen LogP contribution in [-0.4, -0.2) is 43.4 Å². The quantitative estimate of drug-likeness (QED) is 0.668. The Morgan fingerprint density at radius 2 is 1.62 bits per heavy atom. The molecule has 152 valence electrons. The van der Waals surface area contributed by atoms with Gasteiger partial charge in [0.05, 0.1) is 27.4 Å². The number of aliphatic hydroxyl groups excluding tert-OH is 1. The van der Waals surface area contributed by atoms with Gasteiger partial charge in [-0.3, -0.25) is 4.90 Å². The van der Waals surface area contributed by atoms with Gasteiger partial charge in [0.25, 0.3) is 0 Å². The molecule has 1 fully saturated rings. The third-order valence-electron chi connectivity index (χ3n) is 7.03. The zero-order valence-electron chi connectivity index (χ0n) is 17.4. The molecule has 1 N–H and O–H groups in total. The average Bonchev–Trinajstić information content (AvgIpc) is 3.14. The fourth-order valence-electron chi connectivity index (χ4n) is 5.36. The van der Waals surface area contributed by atoms with Crippen molar-refractivity contribution in [1.29, 1.82) is 0 Å². The maximum Gasteiger partial charge on any atom is 0.161 e. The van der Waals surface area contributed by atoms with Crippen LogP contribution in [0.5, 0.6) is 17.2 Å². The lowest BCUT2D eigenvalue weighted by molar-refractivity contribution is -0.0142. The first-order valence-corrected chi connectivity index (χ1v) is 10.1. The van der Waals surface area contributed by atoms with Gasteiger partial charge in [-0.05, 0) is 83.2 Å². The van der Waals surface area contributed by atoms with Gasteiger partial charge in [0.2, 0.25) is 0 Å². The molecule has 0 amide bonds. The van der Waals surface area contributed by atoms with Crippen molar-refractivity contribution in [2.45, 2.75) is 38.0 Å². The van der Waals surface area contributed by atoms with E-state index in [4.69, 9.17) is 14.2 Å². The van der Waals surface area contributed by atoms with Gasteiger partial charge < -0.3 is 19.3 Å². The number of ether oxygens (including phenoxy) is 3. The number of hydrogen-bond donors (Lipinski definition) is 1. The van der Waals surface area contributed by atoms with Crippen LogP contribution in [-0.2, 0) is 6.54 Å². The highest BCUT2D eigenvalue weighted by molar-refractivity contribution is 6.12. The summed E-state index contributed by atoms with van der Waals surface area (Å²) in [5.74, 6) is 2.20. The molecule has 3 aromatic rings. The predicted molar refractivity (Wildman–Crippen MR) is 114 cm³/mol. The minimum Gasteiger partial charge on any atom is -0.497 e. The fraction of sp³-hybridized carbons (Fsp3) is 0.417. The number of fused-ring (bicyclic) bond motifs is 7. The third-order valence-corrected chi connectivity index (χ3v) is 7.03. The first-order valence-electron chi connectivity index (χ1n) is 10.1. The normalized spacial score (nSPS) is 23.8. The molecule has 2 aliphatic rings. The summed E-state index contributed by atoms with van der Waals surface area (Å²) in [6.07, 6.45) is 1.58. The second kappa shape index (κ2) is 6.51. The molecule has 5 nitrogen and oxygen atoms in total. The lowest BCUT2D eigenvalue weighted by atomic mass is 9.77. The smallest absolute Gasteiger partial charge is 0.161 e. The van der Waals surface area contributed by atoms with E-state index in [-0.39, 0.29) is 5.54 Å². The van der Waals surface area contributed by atoms with Gasteiger partial charge in [-0.25, -0.2) is 0 Å². The van der Waals surface area contributed by atoms with E-state index in [2.05, 4.69) is 30.0 Å². The molecule has 0 radical (unpaired) electrons. The van der Waals surface area contributed by atoms with Gasteiger partial charge in [0, 0.05) is 12.1 Å². The van der Waals surface area contributed by atoms with Crippen molar-refractivity contribution in [3.63, 3.8) is 0 Å². The van der Waals surface area contributed by atoms with Gasteiger partial charge in [-0.2, -0.15) is 0 Å². The molecule has 2 atom stereocenters. The van der Waals surface area contributed by atoms with E-state index in [9.17, 15) is 5.11 Å². The molecule has 0 aliphatic carbocycles. The van der Waals surface area contributed by atoms with Crippen LogP contribution in [0.2, 0.25) is 0 Å². The summed E-state index contributed by atoms with van der Waals surface area (Å²) in [7, 11) is 4.99. The molecule has 5 rings (SSSR count). The van der Waals surface area contributed by atoms with E-state index in [1.54, 1.807) is 21.3 Å². The van der Waals surface area contributed by atoms with Crippen LogP contribution in [0.3, 0.4) is 0 Å². The lowest BCUT2D eigenvalue weighted by Crippen LogP contribution is -2.49. The van der Waals surface area contributed by atoms with Gasteiger partial charge in [-0.1, -0.05) is 6.07 Å². The molecule has 5 heteroatoms. The number of hydrogen-bond acceptors (Lipinski definition) is 5. The predicted octanol–water partition coefficient (Wildman–Crippen LogP) is 4.42. The van der Waals surface area contributed by atoms with Crippen molar-refractivity contribution in [3.05, 3.63) is 41.5 Å². The molecule has 0 unspecified atom stereocenters. The Morgan fingerprint density at radius 3 is 2.31 bits per heavy atom. The molecule has 0 saturated carbocycles. The molecule has 1 saturated heterocycles. The second-order valence-corrected chi connectivity index (χ2v) is 8.34. The zero-order valence-corrected chi connectivity index (χ0v) is 17.4. The lowest BCUT2D eigenvalue weighted by Gasteiger charge is -2.45. The Labute approximate surface area is 170 Å². The molecule has 3 aromatic carbocycles. The van der Waals surface area contributed by atoms with E-state index in [1.807, 2.05) is 12.1 Å². The maximum atomic E-state index is 11.6. The highest BCUT2D eigenvalue weighted by atomic mass is 16.5. The van der Waals surface area contributed by atoms with Crippen molar-refractivity contribution in [3.8, 4) is 17.2 Å². The Hall–Kier alpha value is -2.50. The molecule has 29 heavy (non-hydrogen) atoms. The van der Waals surface area contributed by atoms with E-state index in [0.29, 0.717) is 11.5 Å². The fourth-order valence-corrected chi connectivity index (χ4v) is 5.36. The number of aliphatic hydroxyl groups is 1. The Kier molecular flexibility index (Phi) is 4.16. The van der Waals surface area contributed by atoms with Crippen molar-refractivity contribution in [2.24, 2.45) is 0 Å². The number of nitrogens with zero attached hydrogens (tertiary/aromatic N) is 1. The highest BCUT2D eigenvalue weighted by Crippen LogP contribution is 2.51. The maximum absolute atomic E-state index is 11.6. The molecular weight excluding hydrogens is 366 g/mol. The number of methoxy groups -OCH3 is 3. The molecule has 0 aromatic heterocycles. The molecular formula is C24H27NO4. The summed E-state index contributed by atoms with van der Waals surface area (Å²) >= 11 is 0. The monoisotopic (exact) mass is 393 g/mol. The van der Waals surface area contributed by atoms with Crippen LogP contribution in [0.15, 0.2) is 30.3 Å². The molecule has 2 aliphatic heterocycles. The van der Waals surface area contributed by atoms with Crippen molar-refractivity contribution in [1.82, 2.24) is 4.90 Å². The zero-order chi connectivity index (χ0) is 20.3. The summed E-state index contributed by atoms with van der Waals surface area (Å²) in [6, 6.07) is 10.2. The Balaban J connectivity index is 1.93. The SMILES string of the molecule is COc1ccc2c3c(c4cc(OC)c(OC)cc4c2c1)CN1CCC[C@]1(C)[C@H]3O. The summed E-state index contributed by atoms with van der Waals surface area (Å²) in [6.45, 7) is 4.04. The summed E-state index contributed by atoms with van der Waals surface area (Å²) < 4.78 is 16.7. The van der Waals surface area contributed by atoms with Crippen LogP contribution >= 0.6 is 0 Å². The van der Waals surface area contributed by atoms with Crippen LogP contribution in [0.4, 0.5) is 0 Å². The molecule has 0 spiro atoms. The van der Waals surface area contributed by atoms with E-state index in [0.717, 1.165) is 58.8 Å². The summed E-state index contributed by atoms with van der Waals surface area (Å²) in [5.41, 5.74) is 2.01. The van der Waals surface area contributed by atoms with Crippen LogP contribution in [0.25, 0.3) is 21.5 Å². The van der Waals surface area contributed by atoms with E-state index < -0.39 is 6.10 Å². The van der Waals surface area contributed by atoms with Crippen LogP contribution in [0, 0.1) is 0 Å². The summed E-state index contributed by atoms with van der Waals surface area (Å²) in [5, 5.41) is 15.9. The topological polar surface area (TPSA) is 51.2 Å². The first kappa shape index (κ1) is 18.5. The second-order valence-electron chi connectivity index (χ2n) is 8.34. The number of rotatable bonds is 3. The average molecular weight is 393 g/mol. The van der Waals surface area contributed by atoms with E-state index in [1.165, 1.54) is 5.56 Å².